The van der Waals surface area contributed by atoms with Crippen molar-refractivity contribution in [2.45, 2.75) is 19.3 Å². The Kier molecular flexibility index (Phi) is 2.31. The van der Waals surface area contributed by atoms with Crippen molar-refractivity contribution in [1.82, 2.24) is 4.98 Å². The van der Waals surface area contributed by atoms with Gasteiger partial charge in [0.2, 0.25) is 11.8 Å². The summed E-state index contributed by atoms with van der Waals surface area (Å²) in [6, 6.07) is 9.55. The Labute approximate surface area is 139 Å². The molecule has 2 heterocycles. The van der Waals surface area contributed by atoms with Gasteiger partial charge in [-0.1, -0.05) is 6.07 Å². The molecule has 6 unspecified atom stereocenters. The van der Waals surface area contributed by atoms with Crippen molar-refractivity contribution in [2.75, 3.05) is 4.90 Å². The molecule has 4 nitrogen and oxygen atoms in total. The lowest BCUT2D eigenvalue weighted by Gasteiger charge is -2.42. The van der Waals surface area contributed by atoms with Gasteiger partial charge in [-0.25, -0.2) is 0 Å². The lowest BCUT2D eigenvalue weighted by atomic mass is 9.59. The van der Waals surface area contributed by atoms with Gasteiger partial charge in [-0.05, 0) is 67.2 Å². The first-order valence-corrected chi connectivity index (χ1v) is 8.96. The Bertz CT molecular complexity index is 873. The van der Waals surface area contributed by atoms with Crippen LogP contribution in [-0.2, 0) is 9.59 Å². The predicted octanol–water partition coefficient (Wildman–Crippen LogP) is 3.02. The maximum atomic E-state index is 13.1. The maximum absolute atomic E-state index is 13.1. The summed E-state index contributed by atoms with van der Waals surface area (Å²) in [5.41, 5.74) is 1.60. The van der Waals surface area contributed by atoms with Gasteiger partial charge in [-0.15, -0.1) is 0 Å². The number of amides is 2. The highest BCUT2D eigenvalue weighted by Gasteiger charge is 2.68. The Morgan fingerprint density at radius 1 is 0.917 bits per heavy atom. The van der Waals surface area contributed by atoms with Crippen LogP contribution in [-0.4, -0.2) is 16.8 Å². The smallest absolute Gasteiger partial charge is 0.237 e. The van der Waals surface area contributed by atoms with Crippen LogP contribution in [0.5, 0.6) is 0 Å². The molecule has 2 aromatic rings. The summed E-state index contributed by atoms with van der Waals surface area (Å²) in [6.45, 7) is 0. The lowest BCUT2D eigenvalue weighted by Crippen LogP contribution is -2.43. The highest BCUT2D eigenvalue weighted by atomic mass is 16.2. The Morgan fingerprint density at radius 2 is 1.62 bits per heavy atom. The number of benzene rings is 1. The first kappa shape index (κ1) is 13.1. The van der Waals surface area contributed by atoms with Gasteiger partial charge in [0.15, 0.2) is 0 Å². The summed E-state index contributed by atoms with van der Waals surface area (Å²) in [6.07, 6.45) is 5.29. The largest absolute Gasteiger partial charge is 0.274 e. The molecule has 120 valence electrons. The summed E-state index contributed by atoms with van der Waals surface area (Å²) in [5, 5.41) is 0.969. The molecule has 6 atom stereocenters. The molecule has 7 rings (SSSR count). The number of nitrogens with zero attached hydrogens (tertiary/aromatic N) is 2. The fourth-order valence-electron chi connectivity index (χ4n) is 5.99. The van der Waals surface area contributed by atoms with Gasteiger partial charge in [0, 0.05) is 11.6 Å². The third-order valence-electron chi connectivity index (χ3n) is 6.99. The average molecular weight is 318 g/mol. The van der Waals surface area contributed by atoms with Crippen LogP contribution in [0.4, 0.5) is 5.69 Å². The Balaban J connectivity index is 1.45. The van der Waals surface area contributed by atoms with E-state index in [1.807, 2.05) is 30.3 Å². The summed E-state index contributed by atoms with van der Waals surface area (Å²) < 4.78 is 0. The standard InChI is InChI=1S/C20H18N2O2/c23-19-17-12-4-5-13(15-9-14(12)15)18(17)20(24)22(19)11-3-6-16-10(8-11)2-1-7-21-16/h1-3,6-8,12-15,17-18H,4-5,9H2. The van der Waals surface area contributed by atoms with Gasteiger partial charge >= 0.3 is 0 Å². The number of rotatable bonds is 1. The van der Waals surface area contributed by atoms with Gasteiger partial charge in [0.25, 0.3) is 0 Å². The minimum absolute atomic E-state index is 0.0493. The van der Waals surface area contributed by atoms with E-state index in [2.05, 4.69) is 4.98 Å². The third kappa shape index (κ3) is 1.47. The number of aromatic nitrogens is 1. The molecule has 5 fully saturated rings. The normalized spacial score (nSPS) is 39.2. The SMILES string of the molecule is O=C1C2C3CCC(C4CC43)C2C(=O)N1c1ccc2ncccc2c1. The quantitative estimate of drug-likeness (QED) is 0.760. The van der Waals surface area contributed by atoms with Gasteiger partial charge in [-0.2, -0.15) is 0 Å². The van der Waals surface area contributed by atoms with Crippen LogP contribution in [0.25, 0.3) is 10.9 Å². The second-order valence-electron chi connectivity index (χ2n) is 7.91. The molecule has 0 radical (unpaired) electrons. The number of hydrogen-bond donors (Lipinski definition) is 0. The van der Waals surface area contributed by atoms with Crippen molar-refractivity contribution < 1.29 is 9.59 Å². The van der Waals surface area contributed by atoms with E-state index in [0.29, 0.717) is 17.5 Å². The molecule has 4 saturated carbocycles. The molecule has 1 aromatic carbocycles. The van der Waals surface area contributed by atoms with E-state index in [1.54, 1.807) is 6.20 Å². The molecule has 0 N–H and O–H groups in total. The first-order valence-electron chi connectivity index (χ1n) is 8.96. The van der Waals surface area contributed by atoms with Crippen molar-refractivity contribution in [3.05, 3.63) is 36.5 Å². The predicted molar refractivity (Wildman–Crippen MR) is 89.0 cm³/mol. The van der Waals surface area contributed by atoms with Crippen molar-refractivity contribution in [1.29, 1.82) is 0 Å². The number of imide groups is 1. The molecule has 2 amide bonds. The van der Waals surface area contributed by atoms with Crippen LogP contribution in [0.15, 0.2) is 36.5 Å². The van der Waals surface area contributed by atoms with Crippen LogP contribution in [0, 0.1) is 35.5 Å². The highest BCUT2D eigenvalue weighted by Crippen LogP contribution is 2.68. The Hall–Kier alpha value is -2.23. The van der Waals surface area contributed by atoms with Crippen LogP contribution in [0.2, 0.25) is 0 Å². The van der Waals surface area contributed by atoms with Crippen LogP contribution in [0.1, 0.15) is 19.3 Å². The number of carbonyl (C=O) groups excluding carboxylic acids is 2. The topological polar surface area (TPSA) is 50.3 Å². The van der Waals surface area contributed by atoms with Crippen LogP contribution < -0.4 is 4.90 Å². The minimum atomic E-state index is -0.0513. The molecular weight excluding hydrogens is 300 g/mol. The average Bonchev–Trinajstić information content (AvgIpc) is 3.39. The van der Waals surface area contributed by atoms with Crippen LogP contribution in [0.3, 0.4) is 0 Å². The van der Waals surface area contributed by atoms with Gasteiger partial charge < -0.3 is 0 Å². The monoisotopic (exact) mass is 318 g/mol. The number of pyridine rings is 1. The minimum Gasteiger partial charge on any atom is -0.274 e. The Morgan fingerprint density at radius 3 is 2.33 bits per heavy atom. The van der Waals surface area contributed by atoms with Crippen molar-refractivity contribution >= 4 is 28.4 Å². The zero-order chi connectivity index (χ0) is 16.0. The number of hydrogen-bond acceptors (Lipinski definition) is 3. The van der Waals surface area contributed by atoms with Gasteiger partial charge in [0.05, 0.1) is 23.0 Å². The molecule has 1 aliphatic heterocycles. The fourth-order valence-corrected chi connectivity index (χ4v) is 5.99. The van der Waals surface area contributed by atoms with E-state index < -0.39 is 0 Å². The number of anilines is 1. The van der Waals surface area contributed by atoms with Crippen molar-refractivity contribution in [2.24, 2.45) is 35.5 Å². The molecule has 0 spiro atoms. The molecule has 4 heteroatoms. The zero-order valence-corrected chi connectivity index (χ0v) is 13.3. The summed E-state index contributed by atoms with van der Waals surface area (Å²) in [7, 11) is 0. The van der Waals surface area contributed by atoms with Crippen molar-refractivity contribution in [3.63, 3.8) is 0 Å². The number of fused-ring (bicyclic) bond motifs is 2. The van der Waals surface area contributed by atoms with E-state index >= 15 is 0 Å². The summed E-state index contributed by atoms with van der Waals surface area (Å²) in [4.78, 5) is 32.1. The molecule has 24 heavy (non-hydrogen) atoms. The zero-order valence-electron chi connectivity index (χ0n) is 13.3. The third-order valence-corrected chi connectivity index (χ3v) is 6.99. The molecule has 5 aliphatic rings. The summed E-state index contributed by atoms with van der Waals surface area (Å²) in [5.74, 6) is 2.35. The molecule has 4 aliphatic carbocycles. The lowest BCUT2D eigenvalue weighted by molar-refractivity contribution is -0.129. The van der Waals surface area contributed by atoms with E-state index in [9.17, 15) is 9.59 Å². The molecule has 2 bridgehead atoms. The number of carbonyl (C=O) groups is 2. The first-order chi connectivity index (χ1) is 11.7. The highest BCUT2D eigenvalue weighted by molar-refractivity contribution is 6.22. The van der Waals surface area contributed by atoms with Crippen LogP contribution >= 0.6 is 0 Å². The van der Waals surface area contributed by atoms with E-state index in [-0.39, 0.29) is 23.7 Å². The second kappa shape index (κ2) is 4.24. The van der Waals surface area contributed by atoms with E-state index in [4.69, 9.17) is 0 Å². The molecule has 1 aromatic heterocycles. The molecular formula is C20H18N2O2. The van der Waals surface area contributed by atoms with Crippen molar-refractivity contribution in [3.8, 4) is 0 Å². The van der Waals surface area contributed by atoms with E-state index in [1.165, 1.54) is 11.3 Å². The fraction of sp³-hybridized carbons (Fsp3) is 0.450. The van der Waals surface area contributed by atoms with Gasteiger partial charge in [0.1, 0.15) is 0 Å². The van der Waals surface area contributed by atoms with E-state index in [0.717, 1.165) is 35.6 Å². The second-order valence-corrected chi connectivity index (χ2v) is 7.91. The molecule has 1 saturated heterocycles. The summed E-state index contributed by atoms with van der Waals surface area (Å²) >= 11 is 0. The maximum Gasteiger partial charge on any atom is 0.237 e. The van der Waals surface area contributed by atoms with Gasteiger partial charge in [-0.3, -0.25) is 19.5 Å².